The van der Waals surface area contributed by atoms with Gasteiger partial charge in [0.2, 0.25) is 0 Å². The number of hydroxylamine groups is 1. The molecule has 0 heterocycles. The average molecular weight is 273 g/mol. The highest BCUT2D eigenvalue weighted by atomic mass is 16.6. The maximum absolute atomic E-state index is 9.74. The van der Waals surface area contributed by atoms with E-state index in [4.69, 9.17) is 9.57 Å². The van der Waals surface area contributed by atoms with Gasteiger partial charge in [0.25, 0.3) is 0 Å². The van der Waals surface area contributed by atoms with E-state index in [1.165, 1.54) is 0 Å². The summed E-state index contributed by atoms with van der Waals surface area (Å²) in [5.41, 5.74) is 3.82. The van der Waals surface area contributed by atoms with Crippen LogP contribution in [0.15, 0.2) is 60.7 Å². The predicted molar refractivity (Wildman–Crippen MR) is 77.2 cm³/mol. The first-order chi connectivity index (χ1) is 9.84. The topological polar surface area (TPSA) is 50.7 Å². The third kappa shape index (κ3) is 5.40. The Bertz CT molecular complexity index is 476. The Kier molecular flexibility index (Phi) is 6.05. The van der Waals surface area contributed by atoms with Gasteiger partial charge in [-0.25, -0.2) is 0 Å². The van der Waals surface area contributed by atoms with Crippen LogP contribution in [-0.4, -0.2) is 24.4 Å². The molecule has 2 aromatic carbocycles. The Labute approximate surface area is 118 Å². The summed E-state index contributed by atoms with van der Waals surface area (Å²) in [6.07, 6.45) is -0.619. The van der Waals surface area contributed by atoms with Gasteiger partial charge in [-0.3, -0.25) is 4.84 Å². The van der Waals surface area contributed by atoms with E-state index in [-0.39, 0.29) is 6.61 Å². The quantitative estimate of drug-likeness (QED) is 0.571. The lowest BCUT2D eigenvalue weighted by molar-refractivity contribution is -0.00596. The van der Waals surface area contributed by atoms with Gasteiger partial charge in [0.1, 0.15) is 18.5 Å². The minimum absolute atomic E-state index is 0.228. The molecule has 4 nitrogen and oxygen atoms in total. The van der Waals surface area contributed by atoms with E-state index in [0.29, 0.717) is 13.2 Å². The number of para-hydroxylation sites is 1. The molecule has 1 unspecified atom stereocenters. The van der Waals surface area contributed by atoms with Crippen LogP contribution >= 0.6 is 0 Å². The third-order valence-corrected chi connectivity index (χ3v) is 2.69. The summed E-state index contributed by atoms with van der Waals surface area (Å²) in [7, 11) is 0. The van der Waals surface area contributed by atoms with Crippen molar-refractivity contribution in [3.05, 3.63) is 66.2 Å². The molecule has 0 amide bonds. The van der Waals surface area contributed by atoms with Crippen LogP contribution in [0.4, 0.5) is 0 Å². The van der Waals surface area contributed by atoms with Gasteiger partial charge in [-0.05, 0) is 17.7 Å². The second kappa shape index (κ2) is 8.32. The Hall–Kier alpha value is -1.88. The van der Waals surface area contributed by atoms with Crippen LogP contribution in [0.2, 0.25) is 0 Å². The van der Waals surface area contributed by atoms with Crippen molar-refractivity contribution in [2.24, 2.45) is 0 Å². The van der Waals surface area contributed by atoms with Gasteiger partial charge in [-0.15, -0.1) is 0 Å². The van der Waals surface area contributed by atoms with Crippen molar-refractivity contribution >= 4 is 0 Å². The molecule has 0 fully saturated rings. The third-order valence-electron chi connectivity index (χ3n) is 2.69. The largest absolute Gasteiger partial charge is 0.491 e. The van der Waals surface area contributed by atoms with Gasteiger partial charge in [-0.2, -0.15) is 5.48 Å². The maximum Gasteiger partial charge on any atom is 0.119 e. The molecule has 0 aliphatic heterocycles. The van der Waals surface area contributed by atoms with E-state index in [1.54, 1.807) is 0 Å². The Morgan fingerprint density at radius 1 is 0.950 bits per heavy atom. The van der Waals surface area contributed by atoms with Gasteiger partial charge in [0.05, 0.1) is 13.2 Å². The minimum atomic E-state index is -0.619. The number of rotatable bonds is 8. The van der Waals surface area contributed by atoms with Crippen LogP contribution in [0.1, 0.15) is 5.56 Å². The molecule has 20 heavy (non-hydrogen) atoms. The molecule has 2 aromatic rings. The average Bonchev–Trinajstić information content (AvgIpc) is 2.52. The monoisotopic (exact) mass is 273 g/mol. The van der Waals surface area contributed by atoms with Gasteiger partial charge in [0.15, 0.2) is 0 Å². The van der Waals surface area contributed by atoms with Crippen LogP contribution in [0.25, 0.3) is 0 Å². The fraction of sp³-hybridized carbons (Fsp3) is 0.250. The summed E-state index contributed by atoms with van der Waals surface area (Å²) in [5.74, 6) is 0.747. The Morgan fingerprint density at radius 3 is 2.30 bits per heavy atom. The van der Waals surface area contributed by atoms with Crippen molar-refractivity contribution in [2.75, 3.05) is 13.2 Å². The molecule has 0 aliphatic carbocycles. The van der Waals surface area contributed by atoms with E-state index < -0.39 is 6.10 Å². The molecule has 0 aliphatic rings. The molecular formula is C16H19NO3. The van der Waals surface area contributed by atoms with Gasteiger partial charge in [-0.1, -0.05) is 48.5 Å². The molecule has 2 rings (SSSR count). The van der Waals surface area contributed by atoms with Crippen LogP contribution < -0.4 is 10.2 Å². The molecule has 1 atom stereocenters. The number of aliphatic hydroxyl groups is 1. The van der Waals surface area contributed by atoms with Crippen molar-refractivity contribution in [1.29, 1.82) is 0 Å². The number of aliphatic hydroxyl groups excluding tert-OH is 1. The minimum Gasteiger partial charge on any atom is -0.491 e. The standard InChI is InChI=1S/C16H19NO3/c18-15(13-19-16-9-5-2-6-10-16)11-17-20-12-14-7-3-1-4-8-14/h1-10,15,17-18H,11-13H2. The second-order valence-corrected chi connectivity index (χ2v) is 4.40. The summed E-state index contributed by atoms with van der Waals surface area (Å²) < 4.78 is 5.44. The second-order valence-electron chi connectivity index (χ2n) is 4.40. The first-order valence-corrected chi connectivity index (χ1v) is 6.59. The highest BCUT2D eigenvalue weighted by molar-refractivity contribution is 5.20. The molecular weight excluding hydrogens is 254 g/mol. The van der Waals surface area contributed by atoms with Gasteiger partial charge < -0.3 is 9.84 Å². The van der Waals surface area contributed by atoms with Crippen molar-refractivity contribution in [3.63, 3.8) is 0 Å². The van der Waals surface area contributed by atoms with Crippen LogP contribution in [0.3, 0.4) is 0 Å². The Morgan fingerprint density at radius 2 is 1.60 bits per heavy atom. The normalized spacial score (nSPS) is 12.1. The van der Waals surface area contributed by atoms with Crippen molar-refractivity contribution in [3.8, 4) is 5.75 Å². The highest BCUT2D eigenvalue weighted by Crippen LogP contribution is 2.08. The van der Waals surface area contributed by atoms with E-state index in [2.05, 4.69) is 5.48 Å². The zero-order chi connectivity index (χ0) is 14.0. The van der Waals surface area contributed by atoms with E-state index in [1.807, 2.05) is 60.7 Å². The number of nitrogens with one attached hydrogen (secondary N) is 1. The molecule has 0 saturated heterocycles. The molecule has 2 N–H and O–H groups in total. The highest BCUT2D eigenvalue weighted by Gasteiger charge is 2.04. The first-order valence-electron chi connectivity index (χ1n) is 6.59. The summed E-state index contributed by atoms with van der Waals surface area (Å²) in [6.45, 7) is 1.01. The lowest BCUT2D eigenvalue weighted by Gasteiger charge is -2.13. The number of hydrogen-bond donors (Lipinski definition) is 2. The van der Waals surface area contributed by atoms with E-state index in [9.17, 15) is 5.11 Å². The van der Waals surface area contributed by atoms with Gasteiger partial charge in [0, 0.05) is 0 Å². The SMILES string of the molecule is OC(CNOCc1ccccc1)COc1ccccc1. The molecule has 0 radical (unpaired) electrons. The van der Waals surface area contributed by atoms with Crippen molar-refractivity contribution in [2.45, 2.75) is 12.7 Å². The first kappa shape index (κ1) is 14.5. The van der Waals surface area contributed by atoms with Crippen molar-refractivity contribution in [1.82, 2.24) is 5.48 Å². The lowest BCUT2D eigenvalue weighted by atomic mass is 10.2. The predicted octanol–water partition coefficient (Wildman–Crippen LogP) is 2.15. The number of hydrogen-bond acceptors (Lipinski definition) is 4. The smallest absolute Gasteiger partial charge is 0.119 e. The zero-order valence-corrected chi connectivity index (χ0v) is 11.2. The molecule has 4 heteroatoms. The number of benzene rings is 2. The molecule has 0 saturated carbocycles. The lowest BCUT2D eigenvalue weighted by Crippen LogP contribution is -2.31. The molecule has 0 spiro atoms. The van der Waals surface area contributed by atoms with E-state index in [0.717, 1.165) is 11.3 Å². The van der Waals surface area contributed by atoms with Crippen molar-refractivity contribution < 1.29 is 14.7 Å². The van der Waals surface area contributed by atoms with Crippen LogP contribution in [-0.2, 0) is 11.4 Å². The molecule has 0 aromatic heterocycles. The maximum atomic E-state index is 9.74. The Balaban J connectivity index is 1.57. The van der Waals surface area contributed by atoms with Crippen LogP contribution in [0.5, 0.6) is 5.75 Å². The molecule has 0 bridgehead atoms. The summed E-state index contributed by atoms with van der Waals surface area (Å²) in [6, 6.07) is 19.3. The van der Waals surface area contributed by atoms with Crippen LogP contribution in [0, 0.1) is 0 Å². The fourth-order valence-electron chi connectivity index (χ4n) is 1.63. The zero-order valence-electron chi connectivity index (χ0n) is 11.2. The fourth-order valence-corrected chi connectivity index (χ4v) is 1.63. The van der Waals surface area contributed by atoms with E-state index >= 15 is 0 Å². The van der Waals surface area contributed by atoms with Gasteiger partial charge >= 0.3 is 0 Å². The number of ether oxygens (including phenoxy) is 1. The summed E-state index contributed by atoms with van der Waals surface area (Å²) in [5, 5.41) is 9.74. The summed E-state index contributed by atoms with van der Waals surface area (Å²) >= 11 is 0. The molecule has 106 valence electrons. The summed E-state index contributed by atoms with van der Waals surface area (Å²) in [4.78, 5) is 5.28.